The van der Waals surface area contributed by atoms with Gasteiger partial charge in [0.15, 0.2) is 0 Å². The number of nitrogens with zero attached hydrogens (tertiary/aromatic N) is 3. The van der Waals surface area contributed by atoms with Crippen LogP contribution >= 0.6 is 0 Å². The van der Waals surface area contributed by atoms with Crippen LogP contribution in [0.3, 0.4) is 0 Å². The number of hydrogen-bond donors (Lipinski definition) is 1. The summed E-state index contributed by atoms with van der Waals surface area (Å²) in [5, 5.41) is 3.65. The Morgan fingerprint density at radius 3 is 2.47 bits per heavy atom. The molecule has 1 aromatic rings. The molecule has 6 nitrogen and oxygen atoms in total. The minimum absolute atomic E-state index is 0.0767. The molecule has 0 aromatic heterocycles. The van der Waals surface area contributed by atoms with Gasteiger partial charge in [-0.2, -0.15) is 18.3 Å². The average molecular weight is 454 g/mol. The van der Waals surface area contributed by atoms with Crippen molar-refractivity contribution >= 4 is 18.5 Å². The Morgan fingerprint density at radius 1 is 1.19 bits per heavy atom. The van der Waals surface area contributed by atoms with E-state index in [0.29, 0.717) is 25.2 Å². The summed E-state index contributed by atoms with van der Waals surface area (Å²) < 4.78 is 54.3. The fourth-order valence-corrected chi connectivity index (χ4v) is 4.39. The van der Waals surface area contributed by atoms with Crippen LogP contribution < -0.4 is 5.43 Å². The number of carbonyl (C=O) groups excluding carboxylic acids is 2. The number of halogens is 4. The Kier molecular flexibility index (Phi) is 7.20. The highest BCUT2D eigenvalue weighted by molar-refractivity contribution is 5.79. The van der Waals surface area contributed by atoms with Gasteiger partial charge in [0, 0.05) is 45.3 Å². The topological polar surface area (TPSA) is 65.0 Å². The normalized spacial score (nSPS) is 18.0. The number of alkyl halides is 3. The molecule has 1 fully saturated rings. The lowest BCUT2D eigenvalue weighted by Gasteiger charge is -2.34. The third-order valence-corrected chi connectivity index (χ3v) is 6.10. The first-order valence-electron chi connectivity index (χ1n) is 10.4. The second-order valence-electron chi connectivity index (χ2n) is 8.07. The molecule has 0 saturated carbocycles. The number of carbonyl (C=O) groups is 2. The van der Waals surface area contributed by atoms with Gasteiger partial charge < -0.3 is 9.80 Å². The monoisotopic (exact) mass is 454 g/mol. The molecule has 0 bridgehead atoms. The van der Waals surface area contributed by atoms with E-state index < -0.39 is 23.5 Å². The maximum absolute atomic E-state index is 14.3. The Bertz CT molecular complexity index is 921. The van der Waals surface area contributed by atoms with Crippen molar-refractivity contribution in [1.82, 2.24) is 15.2 Å². The first-order chi connectivity index (χ1) is 15.1. The number of benzene rings is 1. The maximum Gasteiger partial charge on any atom is 0.416 e. The molecule has 0 atom stereocenters. The summed E-state index contributed by atoms with van der Waals surface area (Å²) in [5.74, 6) is -1.69. The molecule has 32 heavy (non-hydrogen) atoms. The lowest BCUT2D eigenvalue weighted by atomic mass is 9.85. The lowest BCUT2D eigenvalue weighted by molar-refractivity contribution is -0.139. The number of hydrogen-bond acceptors (Lipinski definition) is 4. The molecule has 2 aliphatic heterocycles. The lowest BCUT2D eigenvalue weighted by Crippen LogP contribution is -2.41. The van der Waals surface area contributed by atoms with E-state index in [1.165, 1.54) is 6.92 Å². The van der Waals surface area contributed by atoms with E-state index in [0.717, 1.165) is 23.8 Å². The molecule has 0 radical (unpaired) electrons. The zero-order valence-electron chi connectivity index (χ0n) is 17.8. The van der Waals surface area contributed by atoms with Crippen LogP contribution in [0, 0.1) is 5.82 Å². The Balaban J connectivity index is 1.67. The molecule has 1 N–H and O–H groups in total. The van der Waals surface area contributed by atoms with Crippen LogP contribution in [0.2, 0.25) is 0 Å². The molecule has 1 aromatic carbocycles. The molecular weight excluding hydrogens is 428 g/mol. The van der Waals surface area contributed by atoms with Gasteiger partial charge in [0.2, 0.25) is 11.8 Å². The van der Waals surface area contributed by atoms with Crippen LogP contribution in [-0.2, 0) is 15.8 Å². The largest absolute Gasteiger partial charge is 0.416 e. The summed E-state index contributed by atoms with van der Waals surface area (Å²) in [7, 11) is 0. The third-order valence-electron chi connectivity index (χ3n) is 6.10. The number of likely N-dealkylation sites (tertiary alicyclic amines) is 1. The summed E-state index contributed by atoms with van der Waals surface area (Å²) in [5.41, 5.74) is 2.99. The molecule has 1 saturated heterocycles. The van der Waals surface area contributed by atoms with Crippen molar-refractivity contribution in [1.29, 1.82) is 0 Å². The van der Waals surface area contributed by atoms with Crippen LogP contribution in [0.5, 0.6) is 0 Å². The number of hydrazone groups is 1. The van der Waals surface area contributed by atoms with Gasteiger partial charge in [0.05, 0.1) is 17.8 Å². The molecule has 10 heteroatoms. The first kappa shape index (κ1) is 23.7. The standard InChI is InChI=1S/C22H26F4N4O2/c1-14(31)30-11-8-16(19(13-30)28-27-2)12-20(32)29-9-6-15(7-10-29)21-17(22(24,25)26)4-3-5-18(21)23/h3-5,15,28H,2,6-13H2,1H3. The molecular formula is C22H26F4N4O2. The summed E-state index contributed by atoms with van der Waals surface area (Å²) in [6, 6.07) is 3.01. The van der Waals surface area contributed by atoms with E-state index in [9.17, 15) is 27.2 Å². The van der Waals surface area contributed by atoms with Gasteiger partial charge in [0.25, 0.3) is 0 Å². The zero-order chi connectivity index (χ0) is 23.5. The predicted molar refractivity (Wildman–Crippen MR) is 111 cm³/mol. The van der Waals surface area contributed by atoms with Gasteiger partial charge in [-0.05, 0) is 42.9 Å². The third kappa shape index (κ3) is 5.28. The Hall–Kier alpha value is -2.91. The van der Waals surface area contributed by atoms with E-state index >= 15 is 0 Å². The highest BCUT2D eigenvalue weighted by Gasteiger charge is 2.38. The van der Waals surface area contributed by atoms with Crippen LogP contribution in [0.25, 0.3) is 0 Å². The predicted octanol–water partition coefficient (Wildman–Crippen LogP) is 3.65. The van der Waals surface area contributed by atoms with Crippen LogP contribution in [-0.4, -0.2) is 54.5 Å². The number of rotatable bonds is 5. The van der Waals surface area contributed by atoms with Crippen molar-refractivity contribution in [2.75, 3.05) is 26.2 Å². The quantitative estimate of drug-likeness (QED) is 0.420. The highest BCUT2D eigenvalue weighted by atomic mass is 19.4. The fraction of sp³-hybridized carbons (Fsp3) is 0.500. The van der Waals surface area contributed by atoms with Crippen molar-refractivity contribution < 1.29 is 27.2 Å². The molecule has 3 rings (SSSR count). The van der Waals surface area contributed by atoms with E-state index in [1.807, 2.05) is 0 Å². The van der Waals surface area contributed by atoms with E-state index in [2.05, 4.69) is 17.2 Å². The molecule has 2 amide bonds. The summed E-state index contributed by atoms with van der Waals surface area (Å²) in [4.78, 5) is 27.7. The van der Waals surface area contributed by atoms with Crippen LogP contribution in [0.15, 0.2) is 34.6 Å². The number of amides is 2. The van der Waals surface area contributed by atoms with Crippen molar-refractivity contribution in [3.8, 4) is 0 Å². The summed E-state index contributed by atoms with van der Waals surface area (Å²) >= 11 is 0. The van der Waals surface area contributed by atoms with Gasteiger partial charge in [0.1, 0.15) is 5.82 Å². The highest BCUT2D eigenvalue weighted by Crippen LogP contribution is 2.40. The van der Waals surface area contributed by atoms with Gasteiger partial charge in [-0.25, -0.2) is 4.39 Å². The van der Waals surface area contributed by atoms with E-state index in [-0.39, 0.29) is 49.7 Å². The molecule has 2 aliphatic rings. The molecule has 0 unspecified atom stereocenters. The van der Waals surface area contributed by atoms with Gasteiger partial charge in [-0.1, -0.05) is 6.07 Å². The fourth-order valence-electron chi connectivity index (χ4n) is 4.39. The Morgan fingerprint density at radius 2 is 1.88 bits per heavy atom. The van der Waals surface area contributed by atoms with Crippen molar-refractivity contribution in [2.24, 2.45) is 5.10 Å². The Labute approximate surface area is 183 Å². The number of nitrogens with one attached hydrogen (secondary N) is 1. The minimum atomic E-state index is -4.63. The smallest absolute Gasteiger partial charge is 0.342 e. The van der Waals surface area contributed by atoms with Gasteiger partial charge in [-0.3, -0.25) is 15.0 Å². The second kappa shape index (κ2) is 9.70. The van der Waals surface area contributed by atoms with Gasteiger partial charge >= 0.3 is 6.18 Å². The summed E-state index contributed by atoms with van der Waals surface area (Å²) in [6.07, 6.45) is -3.47. The van der Waals surface area contributed by atoms with Crippen molar-refractivity contribution in [2.45, 2.75) is 44.7 Å². The molecule has 174 valence electrons. The van der Waals surface area contributed by atoms with Crippen molar-refractivity contribution in [3.63, 3.8) is 0 Å². The van der Waals surface area contributed by atoms with E-state index in [4.69, 9.17) is 0 Å². The zero-order valence-corrected chi connectivity index (χ0v) is 17.8. The summed E-state index contributed by atoms with van der Waals surface area (Å²) in [6.45, 7) is 6.18. The average Bonchev–Trinajstić information content (AvgIpc) is 2.74. The second-order valence-corrected chi connectivity index (χ2v) is 8.07. The number of piperidine rings is 1. The maximum atomic E-state index is 14.3. The minimum Gasteiger partial charge on any atom is -0.342 e. The molecule has 2 heterocycles. The first-order valence-corrected chi connectivity index (χ1v) is 10.4. The van der Waals surface area contributed by atoms with Crippen LogP contribution in [0.4, 0.5) is 17.6 Å². The SMILES string of the molecule is C=NNC1=C(CC(=O)N2CCC(c3c(F)cccc3C(F)(F)F)CC2)CCN(C(C)=O)C1. The van der Waals surface area contributed by atoms with Gasteiger partial charge in [-0.15, -0.1) is 0 Å². The molecule has 0 spiro atoms. The van der Waals surface area contributed by atoms with Crippen molar-refractivity contribution in [3.05, 3.63) is 46.4 Å². The molecule has 0 aliphatic carbocycles. The van der Waals surface area contributed by atoms with Crippen LogP contribution in [0.1, 0.15) is 49.7 Å². The van der Waals surface area contributed by atoms with E-state index in [1.54, 1.807) is 9.80 Å².